The molecule has 0 amide bonds. The standard InChI is InChI=1S/C10H10N2OS2/c1-3-5-15-10-11-8-7(4-6-14-8)9(13)12(10)2/h3-4,6H,1,5H2,2H3. The summed E-state index contributed by atoms with van der Waals surface area (Å²) < 4.78 is 1.59. The minimum atomic E-state index is 0.0211. The summed E-state index contributed by atoms with van der Waals surface area (Å²) in [6.45, 7) is 3.65. The van der Waals surface area contributed by atoms with Crippen LogP contribution in [0.4, 0.5) is 0 Å². The summed E-state index contributed by atoms with van der Waals surface area (Å²) in [5.41, 5.74) is 0.0211. The van der Waals surface area contributed by atoms with E-state index in [1.807, 2.05) is 11.4 Å². The first-order valence-electron chi connectivity index (χ1n) is 4.42. The Bertz CT molecular complexity index is 556. The zero-order chi connectivity index (χ0) is 10.8. The van der Waals surface area contributed by atoms with Crippen molar-refractivity contribution in [3.05, 3.63) is 34.5 Å². The van der Waals surface area contributed by atoms with Gasteiger partial charge in [-0.2, -0.15) is 0 Å². The SMILES string of the molecule is C=CCSc1nc2sccc2c(=O)n1C. The molecule has 15 heavy (non-hydrogen) atoms. The number of rotatable bonds is 3. The summed E-state index contributed by atoms with van der Waals surface area (Å²) in [6.07, 6.45) is 1.80. The molecule has 2 aromatic rings. The normalized spacial score (nSPS) is 10.7. The summed E-state index contributed by atoms with van der Waals surface area (Å²) in [6, 6.07) is 1.82. The molecule has 0 radical (unpaired) electrons. The van der Waals surface area contributed by atoms with E-state index in [9.17, 15) is 4.79 Å². The molecule has 0 N–H and O–H groups in total. The summed E-state index contributed by atoms with van der Waals surface area (Å²) >= 11 is 3.01. The molecule has 0 saturated carbocycles. The Morgan fingerprint density at radius 3 is 3.27 bits per heavy atom. The number of thioether (sulfide) groups is 1. The second-order valence-electron chi connectivity index (χ2n) is 3.00. The topological polar surface area (TPSA) is 34.9 Å². The third-order valence-corrected chi connectivity index (χ3v) is 3.83. The van der Waals surface area contributed by atoms with E-state index < -0.39 is 0 Å². The van der Waals surface area contributed by atoms with Crippen LogP contribution in [0.15, 0.2) is 34.1 Å². The van der Waals surface area contributed by atoms with Crippen molar-refractivity contribution in [3.8, 4) is 0 Å². The zero-order valence-corrected chi connectivity index (χ0v) is 9.90. The summed E-state index contributed by atoms with van der Waals surface area (Å²) in [5.74, 6) is 0.761. The fraction of sp³-hybridized carbons (Fsp3) is 0.200. The van der Waals surface area contributed by atoms with Gasteiger partial charge in [-0.05, 0) is 11.4 Å². The Hall–Kier alpha value is -1.07. The monoisotopic (exact) mass is 238 g/mol. The molecular weight excluding hydrogens is 228 g/mol. The van der Waals surface area contributed by atoms with Crippen molar-refractivity contribution < 1.29 is 0 Å². The van der Waals surface area contributed by atoms with Gasteiger partial charge in [0.25, 0.3) is 5.56 Å². The molecule has 0 bridgehead atoms. The molecule has 0 aromatic carbocycles. The quantitative estimate of drug-likeness (QED) is 0.467. The Balaban J connectivity index is 2.59. The van der Waals surface area contributed by atoms with Gasteiger partial charge in [0.1, 0.15) is 4.83 Å². The lowest BCUT2D eigenvalue weighted by molar-refractivity contribution is 0.729. The lowest BCUT2D eigenvalue weighted by Gasteiger charge is -2.04. The third kappa shape index (κ3) is 1.85. The maximum Gasteiger partial charge on any atom is 0.262 e. The van der Waals surface area contributed by atoms with Crippen LogP contribution in [-0.2, 0) is 7.05 Å². The van der Waals surface area contributed by atoms with Gasteiger partial charge < -0.3 is 0 Å². The molecule has 78 valence electrons. The van der Waals surface area contributed by atoms with Gasteiger partial charge in [-0.1, -0.05) is 17.8 Å². The molecule has 0 atom stereocenters. The lowest BCUT2D eigenvalue weighted by Crippen LogP contribution is -2.19. The predicted octanol–water partition coefficient (Wildman–Crippen LogP) is 2.27. The van der Waals surface area contributed by atoms with Crippen molar-refractivity contribution in [1.29, 1.82) is 0 Å². The fourth-order valence-corrected chi connectivity index (χ4v) is 2.75. The Kier molecular flexibility index (Phi) is 2.93. The van der Waals surface area contributed by atoms with Crippen LogP contribution in [0.1, 0.15) is 0 Å². The van der Waals surface area contributed by atoms with Gasteiger partial charge in [0.15, 0.2) is 5.16 Å². The number of thiophene rings is 1. The van der Waals surface area contributed by atoms with E-state index in [-0.39, 0.29) is 5.56 Å². The average molecular weight is 238 g/mol. The summed E-state index contributed by atoms with van der Waals surface area (Å²) in [5, 5.41) is 3.33. The van der Waals surface area contributed by atoms with Crippen molar-refractivity contribution in [2.45, 2.75) is 5.16 Å². The van der Waals surface area contributed by atoms with Gasteiger partial charge in [0.05, 0.1) is 5.39 Å². The molecule has 0 aliphatic heterocycles. The first-order valence-corrected chi connectivity index (χ1v) is 6.28. The second kappa shape index (κ2) is 4.20. The smallest absolute Gasteiger partial charge is 0.262 e. The highest BCUT2D eigenvalue weighted by atomic mass is 32.2. The summed E-state index contributed by atoms with van der Waals surface area (Å²) in [7, 11) is 1.75. The Labute approximate surface area is 95.5 Å². The highest BCUT2D eigenvalue weighted by molar-refractivity contribution is 7.99. The van der Waals surface area contributed by atoms with E-state index in [1.54, 1.807) is 17.7 Å². The van der Waals surface area contributed by atoms with Crippen LogP contribution in [0, 0.1) is 0 Å². The Morgan fingerprint density at radius 2 is 2.53 bits per heavy atom. The Morgan fingerprint density at radius 1 is 1.73 bits per heavy atom. The first kappa shape index (κ1) is 10.4. The van der Waals surface area contributed by atoms with Crippen LogP contribution >= 0.6 is 23.1 Å². The van der Waals surface area contributed by atoms with Crippen molar-refractivity contribution in [2.75, 3.05) is 5.75 Å². The van der Waals surface area contributed by atoms with E-state index in [0.29, 0.717) is 5.39 Å². The second-order valence-corrected chi connectivity index (χ2v) is 4.88. The molecule has 2 rings (SSSR count). The highest BCUT2D eigenvalue weighted by Crippen LogP contribution is 2.20. The average Bonchev–Trinajstić information content (AvgIpc) is 2.69. The molecule has 2 aromatic heterocycles. The maximum absolute atomic E-state index is 11.9. The van der Waals surface area contributed by atoms with E-state index in [4.69, 9.17) is 0 Å². The lowest BCUT2D eigenvalue weighted by atomic mass is 10.4. The van der Waals surface area contributed by atoms with Gasteiger partial charge in [-0.15, -0.1) is 17.9 Å². The number of hydrogen-bond donors (Lipinski definition) is 0. The highest BCUT2D eigenvalue weighted by Gasteiger charge is 2.08. The van der Waals surface area contributed by atoms with E-state index in [1.165, 1.54) is 23.1 Å². The van der Waals surface area contributed by atoms with Crippen LogP contribution in [0.2, 0.25) is 0 Å². The van der Waals surface area contributed by atoms with Gasteiger partial charge in [0, 0.05) is 12.8 Å². The van der Waals surface area contributed by atoms with Crippen molar-refractivity contribution in [3.63, 3.8) is 0 Å². The maximum atomic E-state index is 11.9. The number of aromatic nitrogens is 2. The van der Waals surface area contributed by atoms with Gasteiger partial charge >= 0.3 is 0 Å². The van der Waals surface area contributed by atoms with Crippen molar-refractivity contribution >= 4 is 33.3 Å². The van der Waals surface area contributed by atoms with Crippen LogP contribution in [0.25, 0.3) is 10.2 Å². The molecule has 3 nitrogen and oxygen atoms in total. The largest absolute Gasteiger partial charge is 0.290 e. The molecule has 0 saturated heterocycles. The van der Waals surface area contributed by atoms with Crippen LogP contribution < -0.4 is 5.56 Å². The predicted molar refractivity (Wildman–Crippen MR) is 65.8 cm³/mol. The van der Waals surface area contributed by atoms with Gasteiger partial charge in [-0.25, -0.2) is 4.98 Å². The minimum absolute atomic E-state index is 0.0211. The van der Waals surface area contributed by atoms with Gasteiger partial charge in [-0.3, -0.25) is 9.36 Å². The molecule has 0 spiro atoms. The molecule has 0 aliphatic rings. The van der Waals surface area contributed by atoms with E-state index >= 15 is 0 Å². The number of hydrogen-bond acceptors (Lipinski definition) is 4. The van der Waals surface area contributed by atoms with Crippen LogP contribution in [0.5, 0.6) is 0 Å². The third-order valence-electron chi connectivity index (χ3n) is 1.99. The minimum Gasteiger partial charge on any atom is -0.290 e. The first-order chi connectivity index (χ1) is 7.24. The molecule has 0 unspecified atom stereocenters. The molecular formula is C10H10N2OS2. The van der Waals surface area contributed by atoms with Gasteiger partial charge in [0.2, 0.25) is 0 Å². The van der Waals surface area contributed by atoms with Crippen LogP contribution in [-0.4, -0.2) is 15.3 Å². The fourth-order valence-electron chi connectivity index (χ4n) is 1.24. The van der Waals surface area contributed by atoms with Crippen molar-refractivity contribution in [1.82, 2.24) is 9.55 Å². The van der Waals surface area contributed by atoms with Crippen molar-refractivity contribution in [2.24, 2.45) is 7.05 Å². The zero-order valence-electron chi connectivity index (χ0n) is 8.27. The molecule has 5 heteroatoms. The molecule has 0 fully saturated rings. The summed E-state index contributed by atoms with van der Waals surface area (Å²) in [4.78, 5) is 17.1. The molecule has 0 aliphatic carbocycles. The number of fused-ring (bicyclic) bond motifs is 1. The molecule has 2 heterocycles. The number of nitrogens with zero attached hydrogens (tertiary/aromatic N) is 2. The van der Waals surface area contributed by atoms with E-state index in [0.717, 1.165) is 15.7 Å². The van der Waals surface area contributed by atoms with E-state index in [2.05, 4.69) is 11.6 Å². The van der Waals surface area contributed by atoms with Crippen LogP contribution in [0.3, 0.4) is 0 Å².